The van der Waals surface area contributed by atoms with Crippen molar-refractivity contribution >= 4 is 0 Å². The summed E-state index contributed by atoms with van der Waals surface area (Å²) in [6, 6.07) is 9.20. The number of benzene rings is 1. The molecule has 20 heavy (non-hydrogen) atoms. The molecule has 0 atom stereocenters. The lowest BCUT2D eigenvalue weighted by atomic mass is 10.1. The number of unbranched alkanes of at least 4 members (excludes halogenated alkanes) is 1. The van der Waals surface area contributed by atoms with Gasteiger partial charge in [-0.15, -0.1) is 5.10 Å². The Labute approximate surface area is 119 Å². The summed E-state index contributed by atoms with van der Waals surface area (Å²) in [5.74, 6) is 0.873. The van der Waals surface area contributed by atoms with Crippen LogP contribution in [0.2, 0.25) is 0 Å². The highest BCUT2D eigenvalue weighted by Gasteiger charge is 2.21. The summed E-state index contributed by atoms with van der Waals surface area (Å²) in [6.45, 7) is 2.95. The van der Waals surface area contributed by atoms with E-state index in [9.17, 15) is 0 Å². The quantitative estimate of drug-likeness (QED) is 0.839. The van der Waals surface area contributed by atoms with Crippen molar-refractivity contribution in [3.05, 3.63) is 35.7 Å². The molecule has 106 valence electrons. The van der Waals surface area contributed by atoms with E-state index >= 15 is 0 Å². The van der Waals surface area contributed by atoms with E-state index in [1.807, 2.05) is 4.68 Å². The van der Waals surface area contributed by atoms with Crippen LogP contribution >= 0.6 is 0 Å². The molecule has 1 aliphatic carbocycles. The zero-order valence-electron chi connectivity index (χ0n) is 11.9. The summed E-state index contributed by atoms with van der Waals surface area (Å²) in [5.41, 5.74) is 2.41. The maximum absolute atomic E-state index is 4.10. The molecular formula is C15H21N5. The summed E-state index contributed by atoms with van der Waals surface area (Å²) in [5, 5.41) is 15.4. The number of hydrogen-bond acceptors (Lipinski definition) is 4. The van der Waals surface area contributed by atoms with Crippen molar-refractivity contribution in [3.63, 3.8) is 0 Å². The fourth-order valence-corrected chi connectivity index (χ4v) is 2.22. The van der Waals surface area contributed by atoms with E-state index in [2.05, 4.69) is 52.0 Å². The van der Waals surface area contributed by atoms with Crippen molar-refractivity contribution in [2.45, 2.75) is 51.6 Å². The van der Waals surface area contributed by atoms with Crippen molar-refractivity contribution in [3.8, 4) is 5.69 Å². The number of hydrogen-bond donors (Lipinski definition) is 1. The molecule has 5 heteroatoms. The van der Waals surface area contributed by atoms with Crippen molar-refractivity contribution in [1.29, 1.82) is 0 Å². The molecule has 0 aliphatic heterocycles. The van der Waals surface area contributed by atoms with E-state index in [0.29, 0.717) is 6.04 Å². The van der Waals surface area contributed by atoms with Crippen LogP contribution in [0.25, 0.3) is 5.69 Å². The Balaban J connectivity index is 1.69. The summed E-state index contributed by atoms with van der Waals surface area (Å²) in [4.78, 5) is 0. The minimum atomic E-state index is 0.663. The minimum absolute atomic E-state index is 0.663. The smallest absolute Gasteiger partial charge is 0.170 e. The molecular weight excluding hydrogens is 250 g/mol. The molecule has 5 nitrogen and oxygen atoms in total. The van der Waals surface area contributed by atoms with Gasteiger partial charge in [-0.1, -0.05) is 25.5 Å². The summed E-state index contributed by atoms with van der Waals surface area (Å²) >= 11 is 0. The van der Waals surface area contributed by atoms with E-state index in [-0.39, 0.29) is 0 Å². The lowest BCUT2D eigenvalue weighted by molar-refractivity contribution is 0.637. The van der Waals surface area contributed by atoms with Crippen molar-refractivity contribution in [2.24, 2.45) is 0 Å². The Morgan fingerprint density at radius 2 is 2.05 bits per heavy atom. The van der Waals surface area contributed by atoms with Gasteiger partial charge in [0, 0.05) is 6.04 Å². The summed E-state index contributed by atoms with van der Waals surface area (Å²) in [6.07, 6.45) is 6.15. The first-order valence-corrected chi connectivity index (χ1v) is 7.47. The minimum Gasteiger partial charge on any atom is -0.307 e. The second-order valence-electron chi connectivity index (χ2n) is 5.43. The highest BCUT2D eigenvalue weighted by Crippen LogP contribution is 2.19. The van der Waals surface area contributed by atoms with Crippen LogP contribution in [-0.4, -0.2) is 26.2 Å². The molecule has 3 rings (SSSR count). The lowest BCUT2D eigenvalue weighted by Gasteiger charge is -2.06. The molecule has 1 fully saturated rings. The van der Waals surface area contributed by atoms with Crippen LogP contribution in [0.4, 0.5) is 0 Å². The van der Waals surface area contributed by atoms with E-state index in [1.165, 1.54) is 31.2 Å². The first kappa shape index (κ1) is 13.2. The molecule has 1 aromatic carbocycles. The molecule has 0 unspecified atom stereocenters. The lowest BCUT2D eigenvalue weighted by Crippen LogP contribution is -2.18. The number of aryl methyl sites for hydroxylation is 1. The Hall–Kier alpha value is -1.75. The van der Waals surface area contributed by atoms with Gasteiger partial charge in [-0.2, -0.15) is 4.68 Å². The Kier molecular flexibility index (Phi) is 4.06. The third-order valence-corrected chi connectivity index (χ3v) is 3.66. The van der Waals surface area contributed by atoms with Crippen molar-refractivity contribution in [2.75, 3.05) is 0 Å². The average molecular weight is 271 g/mol. The van der Waals surface area contributed by atoms with Gasteiger partial charge >= 0.3 is 0 Å². The monoisotopic (exact) mass is 271 g/mol. The summed E-state index contributed by atoms with van der Waals surface area (Å²) < 4.78 is 1.82. The van der Waals surface area contributed by atoms with Gasteiger partial charge < -0.3 is 5.32 Å². The standard InChI is InChI=1S/C15H21N5/c1-2-3-4-12-5-9-14(10-6-12)20-15(17-18-19-20)11-16-13-7-8-13/h5-6,9-10,13,16H,2-4,7-8,11H2,1H3. The van der Waals surface area contributed by atoms with Gasteiger partial charge in [-0.25, -0.2) is 0 Å². The fourth-order valence-electron chi connectivity index (χ4n) is 2.22. The van der Waals surface area contributed by atoms with Crippen LogP contribution in [0.15, 0.2) is 24.3 Å². The van der Waals surface area contributed by atoms with E-state index < -0.39 is 0 Å². The van der Waals surface area contributed by atoms with Crippen molar-refractivity contribution in [1.82, 2.24) is 25.5 Å². The number of nitrogens with zero attached hydrogens (tertiary/aromatic N) is 4. The molecule has 1 heterocycles. The first-order chi connectivity index (χ1) is 9.86. The fraction of sp³-hybridized carbons (Fsp3) is 0.533. The normalized spacial score (nSPS) is 14.7. The third-order valence-electron chi connectivity index (χ3n) is 3.66. The third kappa shape index (κ3) is 3.22. The van der Waals surface area contributed by atoms with Gasteiger partial charge in [-0.05, 0) is 53.8 Å². The molecule has 1 aliphatic rings. The number of rotatable bonds is 7. The van der Waals surface area contributed by atoms with Gasteiger partial charge in [-0.3, -0.25) is 0 Å². The van der Waals surface area contributed by atoms with Crippen LogP contribution in [0.5, 0.6) is 0 Å². The van der Waals surface area contributed by atoms with Crippen LogP contribution in [0, 0.1) is 0 Å². The maximum Gasteiger partial charge on any atom is 0.170 e. The van der Waals surface area contributed by atoms with E-state index in [1.54, 1.807) is 0 Å². The number of aromatic nitrogens is 4. The predicted octanol–water partition coefficient (Wildman–Crippen LogP) is 2.26. The molecule has 0 radical (unpaired) electrons. The van der Waals surface area contributed by atoms with E-state index in [4.69, 9.17) is 0 Å². The van der Waals surface area contributed by atoms with Gasteiger partial charge in [0.1, 0.15) is 0 Å². The molecule has 1 saturated carbocycles. The van der Waals surface area contributed by atoms with Crippen LogP contribution in [-0.2, 0) is 13.0 Å². The zero-order valence-corrected chi connectivity index (χ0v) is 11.9. The first-order valence-electron chi connectivity index (χ1n) is 7.47. The summed E-state index contributed by atoms with van der Waals surface area (Å²) in [7, 11) is 0. The van der Waals surface area contributed by atoms with Gasteiger partial charge in [0.05, 0.1) is 12.2 Å². The number of tetrazole rings is 1. The van der Waals surface area contributed by atoms with Gasteiger partial charge in [0.15, 0.2) is 5.82 Å². The topological polar surface area (TPSA) is 55.6 Å². The second-order valence-corrected chi connectivity index (χ2v) is 5.43. The molecule has 2 aromatic rings. The van der Waals surface area contributed by atoms with E-state index in [0.717, 1.165) is 24.5 Å². The average Bonchev–Trinajstić information content (AvgIpc) is 3.20. The highest BCUT2D eigenvalue weighted by molar-refractivity contribution is 5.34. The van der Waals surface area contributed by atoms with Crippen molar-refractivity contribution < 1.29 is 0 Å². The molecule has 1 aromatic heterocycles. The van der Waals surface area contributed by atoms with Crippen LogP contribution in [0.1, 0.15) is 44.0 Å². The Morgan fingerprint density at radius 3 is 2.75 bits per heavy atom. The SMILES string of the molecule is CCCCc1ccc(-n2nnnc2CNC2CC2)cc1. The molecule has 0 amide bonds. The Morgan fingerprint density at radius 1 is 1.25 bits per heavy atom. The van der Waals surface area contributed by atoms with Crippen LogP contribution in [0.3, 0.4) is 0 Å². The Bertz CT molecular complexity index is 542. The van der Waals surface area contributed by atoms with Crippen LogP contribution < -0.4 is 5.32 Å². The molecule has 0 bridgehead atoms. The predicted molar refractivity (Wildman–Crippen MR) is 77.6 cm³/mol. The molecule has 0 saturated heterocycles. The second kappa shape index (κ2) is 6.13. The zero-order chi connectivity index (χ0) is 13.8. The molecule has 0 spiro atoms. The maximum atomic E-state index is 4.10. The van der Waals surface area contributed by atoms with Gasteiger partial charge in [0.2, 0.25) is 0 Å². The largest absolute Gasteiger partial charge is 0.307 e. The molecule has 1 N–H and O–H groups in total. The highest BCUT2D eigenvalue weighted by atomic mass is 15.5. The number of nitrogens with one attached hydrogen (secondary N) is 1. The van der Waals surface area contributed by atoms with Gasteiger partial charge in [0.25, 0.3) is 0 Å².